The van der Waals surface area contributed by atoms with Crippen LogP contribution in [0.25, 0.3) is 0 Å². The first-order valence-corrected chi connectivity index (χ1v) is 7.51. The number of likely N-dealkylation sites (N-methyl/N-ethyl adjacent to an activating group) is 1. The molecule has 3 N–H and O–H groups in total. The summed E-state index contributed by atoms with van der Waals surface area (Å²) >= 11 is 0. The number of nitrogens with one attached hydrogen (secondary N) is 1. The van der Waals surface area contributed by atoms with Gasteiger partial charge in [-0.2, -0.15) is 0 Å². The molecule has 1 heterocycles. The topological polar surface area (TPSA) is 61.6 Å². The Morgan fingerprint density at radius 2 is 1.95 bits per heavy atom. The molecule has 1 aliphatic heterocycles. The molecule has 21 heavy (non-hydrogen) atoms. The fraction of sp³-hybridized carbons (Fsp3) is 0.562. The average molecular weight is 290 g/mol. The minimum Gasteiger partial charge on any atom is -0.399 e. The molecule has 0 aromatic heterocycles. The van der Waals surface area contributed by atoms with E-state index in [1.165, 1.54) is 0 Å². The maximum atomic E-state index is 12.4. The minimum absolute atomic E-state index is 0.0181. The number of piperazine rings is 1. The van der Waals surface area contributed by atoms with Crippen molar-refractivity contribution in [2.45, 2.75) is 38.9 Å². The summed E-state index contributed by atoms with van der Waals surface area (Å²) in [6.07, 6.45) is 0. The van der Waals surface area contributed by atoms with Gasteiger partial charge in [-0.25, -0.2) is 0 Å². The molecule has 3 atom stereocenters. The van der Waals surface area contributed by atoms with Crippen LogP contribution in [-0.4, -0.2) is 54.0 Å². The molecule has 2 rings (SSSR count). The lowest BCUT2D eigenvalue weighted by molar-refractivity contribution is -0.122. The highest BCUT2D eigenvalue weighted by Gasteiger charge is 2.31. The number of nitrogens with zero attached hydrogens (tertiary/aromatic N) is 2. The Morgan fingerprint density at radius 1 is 1.33 bits per heavy atom. The van der Waals surface area contributed by atoms with Crippen molar-refractivity contribution in [1.29, 1.82) is 0 Å². The summed E-state index contributed by atoms with van der Waals surface area (Å²) in [5, 5.41) is 2.95. The normalized spacial score (nSPS) is 25.5. The molecule has 1 amide bonds. The summed E-state index contributed by atoms with van der Waals surface area (Å²) < 4.78 is 0. The molecule has 116 valence electrons. The van der Waals surface area contributed by atoms with Gasteiger partial charge in [0.05, 0.1) is 6.04 Å². The van der Waals surface area contributed by atoms with Crippen LogP contribution in [0.5, 0.6) is 0 Å². The average Bonchev–Trinajstić information content (AvgIpc) is 2.43. The molecule has 0 saturated carbocycles. The van der Waals surface area contributed by atoms with Gasteiger partial charge in [-0.15, -0.1) is 0 Å². The highest BCUT2D eigenvalue weighted by atomic mass is 16.2. The van der Waals surface area contributed by atoms with E-state index in [0.717, 1.165) is 18.8 Å². The van der Waals surface area contributed by atoms with Gasteiger partial charge in [-0.1, -0.05) is 6.07 Å². The number of carbonyl (C=O) groups excluding carboxylic acids is 1. The Kier molecular flexibility index (Phi) is 4.85. The third-order valence-electron chi connectivity index (χ3n) is 4.47. The maximum Gasteiger partial charge on any atom is 0.241 e. The van der Waals surface area contributed by atoms with Crippen LogP contribution in [0.2, 0.25) is 0 Å². The number of nitrogens with two attached hydrogens (primary N) is 1. The van der Waals surface area contributed by atoms with Crippen molar-refractivity contribution in [2.24, 2.45) is 0 Å². The molecule has 5 nitrogen and oxygen atoms in total. The van der Waals surface area contributed by atoms with Crippen molar-refractivity contribution < 1.29 is 4.79 Å². The van der Waals surface area contributed by atoms with Crippen LogP contribution in [0.15, 0.2) is 24.3 Å². The second-order valence-corrected chi connectivity index (χ2v) is 6.11. The van der Waals surface area contributed by atoms with E-state index in [2.05, 4.69) is 36.0 Å². The van der Waals surface area contributed by atoms with Gasteiger partial charge in [-0.05, 0) is 46.0 Å². The molecule has 5 heteroatoms. The van der Waals surface area contributed by atoms with Gasteiger partial charge in [0, 0.05) is 36.5 Å². The van der Waals surface area contributed by atoms with Crippen LogP contribution in [0, 0.1) is 0 Å². The van der Waals surface area contributed by atoms with E-state index >= 15 is 0 Å². The Balaban J connectivity index is 1.99. The number of benzene rings is 1. The number of amides is 1. The molecule has 1 aliphatic rings. The van der Waals surface area contributed by atoms with Crippen molar-refractivity contribution in [3.05, 3.63) is 24.3 Å². The summed E-state index contributed by atoms with van der Waals surface area (Å²) in [5.74, 6) is 0.0181. The van der Waals surface area contributed by atoms with E-state index in [9.17, 15) is 4.79 Å². The predicted octanol–water partition coefficient (Wildman–Crippen LogP) is 1.62. The van der Waals surface area contributed by atoms with Crippen LogP contribution in [0.1, 0.15) is 20.8 Å². The van der Waals surface area contributed by atoms with Gasteiger partial charge < -0.3 is 11.1 Å². The lowest BCUT2D eigenvalue weighted by Gasteiger charge is -2.44. The van der Waals surface area contributed by atoms with Gasteiger partial charge in [0.15, 0.2) is 0 Å². The molecule has 0 aliphatic carbocycles. The number of anilines is 2. The van der Waals surface area contributed by atoms with Gasteiger partial charge in [0.25, 0.3) is 0 Å². The van der Waals surface area contributed by atoms with E-state index in [1.54, 1.807) is 6.07 Å². The number of hydrogen-bond acceptors (Lipinski definition) is 4. The van der Waals surface area contributed by atoms with Crippen LogP contribution in [-0.2, 0) is 4.79 Å². The molecular weight excluding hydrogens is 264 g/mol. The van der Waals surface area contributed by atoms with Crippen molar-refractivity contribution in [2.75, 3.05) is 31.2 Å². The van der Waals surface area contributed by atoms with Crippen molar-refractivity contribution >= 4 is 17.3 Å². The first-order chi connectivity index (χ1) is 9.88. The van der Waals surface area contributed by atoms with Crippen molar-refractivity contribution in [1.82, 2.24) is 9.80 Å². The van der Waals surface area contributed by atoms with E-state index in [1.807, 2.05) is 25.1 Å². The Morgan fingerprint density at radius 3 is 2.52 bits per heavy atom. The number of nitrogen functional groups attached to an aromatic ring is 1. The SMILES string of the molecule is CC(C(=O)Nc1cccc(N)c1)N1CC(C)N(C)C(C)C1. The van der Waals surface area contributed by atoms with Crippen LogP contribution < -0.4 is 11.1 Å². The fourth-order valence-electron chi connectivity index (χ4n) is 2.79. The standard InChI is InChI=1S/C16H26N4O/c1-11-9-20(10-12(2)19(11)4)13(3)16(21)18-15-7-5-6-14(17)8-15/h5-8,11-13H,9-10,17H2,1-4H3,(H,18,21). The molecule has 0 spiro atoms. The first kappa shape index (κ1) is 15.8. The zero-order chi connectivity index (χ0) is 15.6. The van der Waals surface area contributed by atoms with E-state index in [4.69, 9.17) is 5.73 Å². The monoisotopic (exact) mass is 290 g/mol. The second kappa shape index (κ2) is 6.45. The Labute approximate surface area is 127 Å². The first-order valence-electron chi connectivity index (χ1n) is 7.51. The Bertz CT molecular complexity index is 493. The van der Waals surface area contributed by atoms with Gasteiger partial charge in [0.2, 0.25) is 5.91 Å². The highest BCUT2D eigenvalue weighted by molar-refractivity contribution is 5.94. The molecule has 1 fully saturated rings. The largest absolute Gasteiger partial charge is 0.399 e. The lowest BCUT2D eigenvalue weighted by Crippen LogP contribution is -2.58. The molecular formula is C16H26N4O. The zero-order valence-electron chi connectivity index (χ0n) is 13.3. The fourth-order valence-corrected chi connectivity index (χ4v) is 2.79. The van der Waals surface area contributed by atoms with E-state index in [-0.39, 0.29) is 11.9 Å². The number of hydrogen-bond donors (Lipinski definition) is 2. The van der Waals surface area contributed by atoms with Gasteiger partial charge in [-0.3, -0.25) is 14.6 Å². The van der Waals surface area contributed by atoms with Gasteiger partial charge >= 0.3 is 0 Å². The van der Waals surface area contributed by atoms with Crippen LogP contribution >= 0.6 is 0 Å². The summed E-state index contributed by atoms with van der Waals surface area (Å²) in [4.78, 5) is 17.0. The third kappa shape index (κ3) is 3.74. The minimum atomic E-state index is -0.148. The third-order valence-corrected chi connectivity index (χ3v) is 4.47. The van der Waals surface area contributed by atoms with E-state index in [0.29, 0.717) is 17.8 Å². The molecule has 1 saturated heterocycles. The summed E-state index contributed by atoms with van der Waals surface area (Å²) in [7, 11) is 2.14. The summed E-state index contributed by atoms with van der Waals surface area (Å²) in [6, 6.07) is 8.05. The Hall–Kier alpha value is -1.59. The number of carbonyl (C=O) groups is 1. The highest BCUT2D eigenvalue weighted by Crippen LogP contribution is 2.17. The maximum absolute atomic E-state index is 12.4. The smallest absolute Gasteiger partial charge is 0.241 e. The zero-order valence-corrected chi connectivity index (χ0v) is 13.3. The molecule has 0 bridgehead atoms. The molecule has 3 unspecified atom stereocenters. The van der Waals surface area contributed by atoms with Crippen molar-refractivity contribution in [3.8, 4) is 0 Å². The van der Waals surface area contributed by atoms with Crippen LogP contribution in [0.3, 0.4) is 0 Å². The van der Waals surface area contributed by atoms with Gasteiger partial charge in [0.1, 0.15) is 0 Å². The van der Waals surface area contributed by atoms with Crippen LogP contribution in [0.4, 0.5) is 11.4 Å². The van der Waals surface area contributed by atoms with Crippen molar-refractivity contribution in [3.63, 3.8) is 0 Å². The predicted molar refractivity (Wildman–Crippen MR) is 87.2 cm³/mol. The lowest BCUT2D eigenvalue weighted by atomic mass is 10.1. The molecule has 1 aromatic carbocycles. The summed E-state index contributed by atoms with van der Waals surface area (Å²) in [5.41, 5.74) is 7.14. The molecule has 0 radical (unpaired) electrons. The summed E-state index contributed by atoms with van der Waals surface area (Å²) in [6.45, 7) is 8.18. The second-order valence-electron chi connectivity index (χ2n) is 6.11. The quantitative estimate of drug-likeness (QED) is 0.831. The number of rotatable bonds is 3. The molecule has 1 aromatic rings. The van der Waals surface area contributed by atoms with E-state index < -0.39 is 0 Å².